The Morgan fingerprint density at radius 1 is 0.964 bits per heavy atom. The second-order valence-electron chi connectivity index (χ2n) is 8.13. The number of aliphatic hydroxyl groups is 1. The minimum atomic E-state index is -0.288. The van der Waals surface area contributed by atoms with Crippen molar-refractivity contribution in [2.24, 2.45) is 0 Å². The van der Waals surface area contributed by atoms with Crippen LogP contribution >= 0.6 is 0 Å². The van der Waals surface area contributed by atoms with Crippen molar-refractivity contribution in [2.75, 3.05) is 10.6 Å². The zero-order chi connectivity index (χ0) is 18.9. The topological polar surface area (TPSA) is 85.9 Å². The standard InChI is InChI=1S/C22H27N5O/c28-21-7-2-1-6-18(21)25-20-13-22(24-15-4-3-5-15)26-19-12-14(8-9-16(19)20)17-10-11-23-27-17/h8-13,15,18,21,28H,1-7H2,(H,23,27)(H2,24,25,26)/t18-,21+/m0/s1. The smallest absolute Gasteiger partial charge is 0.128 e. The van der Waals surface area contributed by atoms with E-state index in [0.717, 1.165) is 59.3 Å². The molecule has 28 heavy (non-hydrogen) atoms. The summed E-state index contributed by atoms with van der Waals surface area (Å²) < 4.78 is 0. The molecule has 2 atom stereocenters. The van der Waals surface area contributed by atoms with Crippen molar-refractivity contribution in [3.8, 4) is 11.3 Å². The zero-order valence-electron chi connectivity index (χ0n) is 16.0. The molecule has 6 heteroatoms. The van der Waals surface area contributed by atoms with E-state index in [9.17, 15) is 5.11 Å². The van der Waals surface area contributed by atoms with Gasteiger partial charge in [0.25, 0.3) is 0 Å². The molecule has 0 spiro atoms. The fourth-order valence-corrected chi connectivity index (χ4v) is 4.25. The van der Waals surface area contributed by atoms with Crippen LogP contribution in [0, 0.1) is 0 Å². The molecular formula is C22H27N5O. The monoisotopic (exact) mass is 377 g/mol. The Kier molecular flexibility index (Phi) is 4.64. The molecule has 0 saturated heterocycles. The van der Waals surface area contributed by atoms with Gasteiger partial charge in [0.05, 0.1) is 23.4 Å². The van der Waals surface area contributed by atoms with Crippen molar-refractivity contribution >= 4 is 22.4 Å². The first-order valence-electron chi connectivity index (χ1n) is 10.4. The minimum absolute atomic E-state index is 0.100. The maximum Gasteiger partial charge on any atom is 0.128 e. The Morgan fingerprint density at radius 2 is 1.86 bits per heavy atom. The highest BCUT2D eigenvalue weighted by Crippen LogP contribution is 2.33. The summed E-state index contributed by atoms with van der Waals surface area (Å²) in [5.41, 5.74) is 4.05. The minimum Gasteiger partial charge on any atom is -0.391 e. The predicted octanol–water partition coefficient (Wildman–Crippen LogP) is 4.30. The first-order chi connectivity index (χ1) is 13.8. The van der Waals surface area contributed by atoms with E-state index >= 15 is 0 Å². The summed E-state index contributed by atoms with van der Waals surface area (Å²) in [6, 6.07) is 11.0. The highest BCUT2D eigenvalue weighted by Gasteiger charge is 2.24. The average molecular weight is 377 g/mol. The van der Waals surface area contributed by atoms with Crippen LogP contribution in [-0.4, -0.2) is 38.5 Å². The summed E-state index contributed by atoms with van der Waals surface area (Å²) in [5.74, 6) is 0.909. The predicted molar refractivity (Wildman–Crippen MR) is 112 cm³/mol. The van der Waals surface area contributed by atoms with E-state index in [0.29, 0.717) is 6.04 Å². The number of benzene rings is 1. The van der Waals surface area contributed by atoms with Gasteiger partial charge in [-0.15, -0.1) is 0 Å². The Hall–Kier alpha value is -2.60. The third-order valence-electron chi connectivity index (χ3n) is 6.15. The van der Waals surface area contributed by atoms with E-state index in [-0.39, 0.29) is 12.1 Å². The van der Waals surface area contributed by atoms with E-state index < -0.39 is 0 Å². The van der Waals surface area contributed by atoms with Crippen molar-refractivity contribution in [3.63, 3.8) is 0 Å². The Labute approximate surface area is 164 Å². The first-order valence-corrected chi connectivity index (χ1v) is 10.4. The number of aliphatic hydroxyl groups excluding tert-OH is 1. The van der Waals surface area contributed by atoms with E-state index in [1.54, 1.807) is 6.20 Å². The lowest BCUT2D eigenvalue weighted by atomic mass is 9.92. The van der Waals surface area contributed by atoms with Gasteiger partial charge in [-0.05, 0) is 44.2 Å². The molecule has 2 fully saturated rings. The van der Waals surface area contributed by atoms with Crippen LogP contribution in [-0.2, 0) is 0 Å². The number of H-pyrrole nitrogens is 1. The fourth-order valence-electron chi connectivity index (χ4n) is 4.25. The number of nitrogens with zero attached hydrogens (tertiary/aromatic N) is 2. The van der Waals surface area contributed by atoms with Crippen molar-refractivity contribution in [2.45, 2.75) is 63.1 Å². The Morgan fingerprint density at radius 3 is 2.61 bits per heavy atom. The van der Waals surface area contributed by atoms with Crippen LogP contribution < -0.4 is 10.6 Å². The van der Waals surface area contributed by atoms with Crippen molar-refractivity contribution in [1.82, 2.24) is 15.2 Å². The van der Waals surface area contributed by atoms with Crippen LogP contribution in [0.3, 0.4) is 0 Å². The lowest BCUT2D eigenvalue weighted by molar-refractivity contribution is 0.116. The number of hydrogen-bond donors (Lipinski definition) is 4. The number of pyridine rings is 1. The summed E-state index contributed by atoms with van der Waals surface area (Å²) in [6.45, 7) is 0. The molecular weight excluding hydrogens is 350 g/mol. The number of nitrogens with one attached hydrogen (secondary N) is 3. The summed E-state index contributed by atoms with van der Waals surface area (Å²) in [4.78, 5) is 4.89. The van der Waals surface area contributed by atoms with Crippen LogP contribution in [0.2, 0.25) is 0 Å². The second-order valence-corrected chi connectivity index (χ2v) is 8.13. The van der Waals surface area contributed by atoms with Gasteiger partial charge in [-0.2, -0.15) is 5.10 Å². The van der Waals surface area contributed by atoms with Crippen LogP contribution in [0.15, 0.2) is 36.5 Å². The zero-order valence-corrected chi connectivity index (χ0v) is 16.0. The first kappa shape index (κ1) is 17.5. The van der Waals surface area contributed by atoms with Gasteiger partial charge >= 0.3 is 0 Å². The second kappa shape index (κ2) is 7.43. The third kappa shape index (κ3) is 3.44. The maximum atomic E-state index is 10.4. The highest BCUT2D eigenvalue weighted by atomic mass is 16.3. The molecule has 6 nitrogen and oxygen atoms in total. The van der Waals surface area contributed by atoms with Crippen molar-refractivity contribution in [3.05, 3.63) is 36.5 Å². The molecule has 2 aliphatic carbocycles. The third-order valence-corrected chi connectivity index (χ3v) is 6.15. The Balaban J connectivity index is 1.53. The molecule has 0 amide bonds. The molecule has 5 rings (SSSR count). The van der Waals surface area contributed by atoms with E-state index in [1.165, 1.54) is 19.3 Å². The number of aromatic amines is 1. The van der Waals surface area contributed by atoms with Crippen LogP contribution in [0.1, 0.15) is 44.9 Å². The summed E-state index contributed by atoms with van der Waals surface area (Å²) in [5, 5.41) is 25.8. The average Bonchev–Trinajstić information content (AvgIpc) is 3.21. The highest BCUT2D eigenvalue weighted by molar-refractivity contribution is 5.95. The molecule has 2 aromatic heterocycles. The molecule has 146 valence electrons. The molecule has 0 aliphatic heterocycles. The number of rotatable bonds is 5. The SMILES string of the molecule is O[C@@H]1CCCC[C@@H]1Nc1cc(NC2CCC2)nc2cc(-c3ccn[nH]3)ccc12. The van der Waals surface area contributed by atoms with E-state index in [4.69, 9.17) is 4.98 Å². The quantitative estimate of drug-likeness (QED) is 0.532. The Bertz CT molecular complexity index is 951. The van der Waals surface area contributed by atoms with Gasteiger partial charge in [0.1, 0.15) is 5.82 Å². The van der Waals surface area contributed by atoms with E-state index in [2.05, 4.69) is 45.1 Å². The van der Waals surface area contributed by atoms with Crippen LogP contribution in [0.5, 0.6) is 0 Å². The summed E-state index contributed by atoms with van der Waals surface area (Å²) >= 11 is 0. The normalized spacial score (nSPS) is 22.8. The molecule has 0 radical (unpaired) electrons. The lowest BCUT2D eigenvalue weighted by Crippen LogP contribution is -2.36. The van der Waals surface area contributed by atoms with E-state index in [1.807, 2.05) is 6.07 Å². The van der Waals surface area contributed by atoms with Crippen LogP contribution in [0.4, 0.5) is 11.5 Å². The van der Waals surface area contributed by atoms with Gasteiger partial charge < -0.3 is 15.7 Å². The largest absolute Gasteiger partial charge is 0.391 e. The summed E-state index contributed by atoms with van der Waals surface area (Å²) in [7, 11) is 0. The van der Waals surface area contributed by atoms with Gasteiger partial charge in [-0.25, -0.2) is 4.98 Å². The van der Waals surface area contributed by atoms with Gasteiger partial charge in [0, 0.05) is 34.9 Å². The van der Waals surface area contributed by atoms with Gasteiger partial charge in [-0.3, -0.25) is 5.10 Å². The molecule has 0 bridgehead atoms. The molecule has 3 aromatic rings. The van der Waals surface area contributed by atoms with Crippen molar-refractivity contribution < 1.29 is 5.11 Å². The molecule has 0 unspecified atom stereocenters. The fraction of sp³-hybridized carbons (Fsp3) is 0.455. The van der Waals surface area contributed by atoms with Gasteiger partial charge in [-0.1, -0.05) is 25.0 Å². The molecule has 4 N–H and O–H groups in total. The summed E-state index contributed by atoms with van der Waals surface area (Å²) in [6.07, 6.45) is 9.32. The number of hydrogen-bond acceptors (Lipinski definition) is 5. The number of aromatic nitrogens is 3. The lowest BCUT2D eigenvalue weighted by Gasteiger charge is -2.30. The molecule has 2 heterocycles. The number of fused-ring (bicyclic) bond motifs is 1. The van der Waals surface area contributed by atoms with Crippen LogP contribution in [0.25, 0.3) is 22.2 Å². The van der Waals surface area contributed by atoms with Crippen molar-refractivity contribution in [1.29, 1.82) is 0 Å². The molecule has 1 aromatic carbocycles. The maximum absolute atomic E-state index is 10.4. The molecule has 2 aliphatic rings. The van der Waals surface area contributed by atoms with Gasteiger partial charge in [0.2, 0.25) is 0 Å². The van der Waals surface area contributed by atoms with Gasteiger partial charge in [0.15, 0.2) is 0 Å². The number of anilines is 2. The molecule has 2 saturated carbocycles.